The van der Waals surface area contributed by atoms with Crippen molar-refractivity contribution in [1.82, 2.24) is 19.7 Å². The molecule has 0 radical (unpaired) electrons. The predicted octanol–water partition coefficient (Wildman–Crippen LogP) is 2.05. The fraction of sp³-hybridized carbons (Fsp3) is 0.600. The summed E-state index contributed by atoms with van der Waals surface area (Å²) < 4.78 is 7.80. The standard InChI is InChI=1S/C20H31N5O3/c1-3-18(21-20-22-19(16(27)14-26)23-24(20)2)28-17-10-6-5-9-15(17)13-25-11-7-4-8-12-25/h5-6,9-10,16,18,26-27H,3-4,7-8,11-14H2,1-2H3,(H,21,22,23). The maximum absolute atomic E-state index is 9.73. The summed E-state index contributed by atoms with van der Waals surface area (Å²) in [7, 11) is 1.74. The number of aliphatic hydroxyl groups is 2. The summed E-state index contributed by atoms with van der Waals surface area (Å²) in [6.07, 6.45) is 3.19. The molecule has 0 aliphatic carbocycles. The van der Waals surface area contributed by atoms with E-state index >= 15 is 0 Å². The van der Waals surface area contributed by atoms with Crippen molar-refractivity contribution in [3.63, 3.8) is 0 Å². The van der Waals surface area contributed by atoms with Crippen molar-refractivity contribution in [1.29, 1.82) is 0 Å². The third kappa shape index (κ3) is 5.21. The van der Waals surface area contributed by atoms with Gasteiger partial charge < -0.3 is 20.3 Å². The van der Waals surface area contributed by atoms with Gasteiger partial charge in [0.25, 0.3) is 0 Å². The molecule has 2 heterocycles. The smallest absolute Gasteiger partial charge is 0.224 e. The second kappa shape index (κ2) is 9.86. The number of nitrogens with zero attached hydrogens (tertiary/aromatic N) is 4. The van der Waals surface area contributed by atoms with E-state index in [1.807, 2.05) is 25.1 Å². The number of aromatic nitrogens is 3. The molecule has 3 N–H and O–H groups in total. The highest BCUT2D eigenvalue weighted by atomic mass is 16.5. The van der Waals surface area contributed by atoms with E-state index in [-0.39, 0.29) is 12.1 Å². The summed E-state index contributed by atoms with van der Waals surface area (Å²) in [5.41, 5.74) is 1.18. The first kappa shape index (κ1) is 20.6. The van der Waals surface area contributed by atoms with Crippen LogP contribution in [-0.2, 0) is 13.6 Å². The summed E-state index contributed by atoms with van der Waals surface area (Å²) in [5, 5.41) is 26.2. The molecule has 0 spiro atoms. The number of rotatable bonds is 9. The van der Waals surface area contributed by atoms with Gasteiger partial charge in [0, 0.05) is 25.6 Å². The molecule has 1 saturated heterocycles. The third-order valence-electron chi connectivity index (χ3n) is 5.00. The van der Waals surface area contributed by atoms with Crippen LogP contribution in [0.5, 0.6) is 5.75 Å². The largest absolute Gasteiger partial charge is 0.470 e. The highest BCUT2D eigenvalue weighted by Gasteiger charge is 2.19. The topological polar surface area (TPSA) is 95.7 Å². The van der Waals surface area contributed by atoms with Crippen molar-refractivity contribution in [2.24, 2.45) is 7.05 Å². The predicted molar refractivity (Wildman–Crippen MR) is 107 cm³/mol. The Kier molecular flexibility index (Phi) is 7.24. The van der Waals surface area contributed by atoms with Gasteiger partial charge >= 0.3 is 0 Å². The number of aliphatic hydroxyl groups excluding tert-OH is 2. The minimum atomic E-state index is -1.09. The molecule has 0 bridgehead atoms. The minimum absolute atomic E-state index is 0.188. The van der Waals surface area contributed by atoms with Crippen LogP contribution in [0.2, 0.25) is 0 Å². The number of piperidine rings is 1. The fourth-order valence-electron chi connectivity index (χ4n) is 3.37. The fourth-order valence-corrected chi connectivity index (χ4v) is 3.37. The monoisotopic (exact) mass is 389 g/mol. The molecule has 2 atom stereocenters. The Morgan fingerprint density at radius 3 is 2.68 bits per heavy atom. The lowest BCUT2D eigenvalue weighted by molar-refractivity contribution is 0.0885. The van der Waals surface area contributed by atoms with Crippen molar-refractivity contribution < 1.29 is 14.9 Å². The van der Waals surface area contributed by atoms with Gasteiger partial charge in [-0.3, -0.25) is 4.90 Å². The van der Waals surface area contributed by atoms with E-state index in [9.17, 15) is 5.11 Å². The van der Waals surface area contributed by atoms with E-state index in [2.05, 4.69) is 26.4 Å². The Labute approximate surface area is 166 Å². The lowest BCUT2D eigenvalue weighted by Crippen LogP contribution is -2.30. The maximum Gasteiger partial charge on any atom is 0.224 e. The average Bonchev–Trinajstić information content (AvgIpc) is 3.09. The molecule has 1 aliphatic heterocycles. The first-order valence-corrected chi connectivity index (χ1v) is 10.0. The highest BCUT2D eigenvalue weighted by Crippen LogP contribution is 2.24. The lowest BCUT2D eigenvalue weighted by Gasteiger charge is -2.28. The molecular formula is C20H31N5O3. The third-order valence-corrected chi connectivity index (χ3v) is 5.00. The van der Waals surface area contributed by atoms with Gasteiger partial charge in [-0.15, -0.1) is 0 Å². The van der Waals surface area contributed by atoms with Crippen LogP contribution in [0.15, 0.2) is 24.3 Å². The van der Waals surface area contributed by atoms with Crippen molar-refractivity contribution in [2.45, 2.75) is 51.5 Å². The van der Waals surface area contributed by atoms with Gasteiger partial charge in [0.1, 0.15) is 11.9 Å². The van der Waals surface area contributed by atoms with Gasteiger partial charge in [-0.1, -0.05) is 31.5 Å². The Balaban J connectivity index is 1.68. The van der Waals surface area contributed by atoms with Crippen LogP contribution in [0, 0.1) is 0 Å². The SMILES string of the molecule is CCC(Nc1nc(C(O)CO)nn1C)Oc1ccccc1CN1CCCCC1. The van der Waals surface area contributed by atoms with E-state index in [0.29, 0.717) is 5.95 Å². The number of nitrogens with one attached hydrogen (secondary N) is 1. The summed E-state index contributed by atoms with van der Waals surface area (Å²) in [4.78, 5) is 6.75. The second-order valence-electron chi connectivity index (χ2n) is 7.22. The molecule has 28 heavy (non-hydrogen) atoms. The summed E-state index contributed by atoms with van der Waals surface area (Å²) in [5.74, 6) is 1.54. The number of likely N-dealkylation sites (tertiary alicyclic amines) is 1. The number of ether oxygens (including phenoxy) is 1. The van der Waals surface area contributed by atoms with Crippen molar-refractivity contribution >= 4 is 5.95 Å². The second-order valence-corrected chi connectivity index (χ2v) is 7.22. The molecule has 1 aromatic carbocycles. The van der Waals surface area contributed by atoms with Crippen LogP contribution in [-0.4, -0.2) is 55.8 Å². The van der Waals surface area contributed by atoms with Crippen LogP contribution < -0.4 is 10.1 Å². The van der Waals surface area contributed by atoms with Gasteiger partial charge in [0.15, 0.2) is 12.1 Å². The summed E-state index contributed by atoms with van der Waals surface area (Å²) in [6.45, 7) is 4.78. The summed E-state index contributed by atoms with van der Waals surface area (Å²) in [6, 6.07) is 8.15. The van der Waals surface area contributed by atoms with E-state index in [0.717, 1.165) is 31.8 Å². The van der Waals surface area contributed by atoms with Crippen molar-refractivity contribution in [3.05, 3.63) is 35.7 Å². The molecule has 2 aromatic rings. The van der Waals surface area contributed by atoms with E-state index in [1.165, 1.54) is 24.8 Å². The Hall–Kier alpha value is -2.16. The van der Waals surface area contributed by atoms with Crippen LogP contribution in [0.25, 0.3) is 0 Å². The van der Waals surface area contributed by atoms with E-state index in [4.69, 9.17) is 9.84 Å². The van der Waals surface area contributed by atoms with Gasteiger partial charge in [-0.05, 0) is 32.0 Å². The minimum Gasteiger partial charge on any atom is -0.470 e. The molecule has 8 heteroatoms. The zero-order chi connectivity index (χ0) is 19.9. The molecular weight excluding hydrogens is 358 g/mol. The Morgan fingerprint density at radius 2 is 1.96 bits per heavy atom. The Bertz CT molecular complexity index is 745. The number of hydrogen-bond acceptors (Lipinski definition) is 7. The molecule has 1 aliphatic rings. The van der Waals surface area contributed by atoms with Crippen LogP contribution in [0.3, 0.4) is 0 Å². The zero-order valence-corrected chi connectivity index (χ0v) is 16.7. The van der Waals surface area contributed by atoms with Crippen LogP contribution >= 0.6 is 0 Å². The average molecular weight is 390 g/mol. The van der Waals surface area contributed by atoms with Gasteiger partial charge in [0.2, 0.25) is 5.95 Å². The zero-order valence-electron chi connectivity index (χ0n) is 16.7. The van der Waals surface area contributed by atoms with Crippen LogP contribution in [0.4, 0.5) is 5.95 Å². The number of para-hydroxylation sites is 1. The van der Waals surface area contributed by atoms with Gasteiger partial charge in [-0.25, -0.2) is 4.68 Å². The molecule has 8 nitrogen and oxygen atoms in total. The highest BCUT2D eigenvalue weighted by molar-refractivity contribution is 5.34. The molecule has 0 amide bonds. The number of anilines is 1. The number of hydrogen-bond donors (Lipinski definition) is 3. The lowest BCUT2D eigenvalue weighted by atomic mass is 10.1. The summed E-state index contributed by atoms with van der Waals surface area (Å²) >= 11 is 0. The first-order valence-electron chi connectivity index (χ1n) is 10.0. The molecule has 1 fully saturated rings. The normalized spacial score (nSPS) is 17.3. The number of benzene rings is 1. The quantitative estimate of drug-likeness (QED) is 0.565. The maximum atomic E-state index is 9.73. The molecule has 3 rings (SSSR count). The molecule has 1 aromatic heterocycles. The van der Waals surface area contributed by atoms with E-state index in [1.54, 1.807) is 11.7 Å². The van der Waals surface area contributed by atoms with Gasteiger partial charge in [0.05, 0.1) is 6.61 Å². The van der Waals surface area contributed by atoms with Crippen molar-refractivity contribution in [2.75, 3.05) is 25.0 Å². The van der Waals surface area contributed by atoms with E-state index < -0.39 is 12.7 Å². The molecule has 2 unspecified atom stereocenters. The Morgan fingerprint density at radius 1 is 1.21 bits per heavy atom. The molecule has 0 saturated carbocycles. The van der Waals surface area contributed by atoms with Crippen LogP contribution in [0.1, 0.15) is 50.1 Å². The van der Waals surface area contributed by atoms with Gasteiger partial charge in [-0.2, -0.15) is 10.1 Å². The number of aryl methyl sites for hydroxylation is 1. The molecule has 154 valence electrons. The first-order chi connectivity index (χ1) is 13.6. The van der Waals surface area contributed by atoms with Crippen molar-refractivity contribution in [3.8, 4) is 5.75 Å².